The van der Waals surface area contributed by atoms with Crippen LogP contribution in [0, 0.1) is 13.8 Å². The van der Waals surface area contributed by atoms with E-state index in [9.17, 15) is 0 Å². The molecule has 0 N–H and O–H groups in total. The van der Waals surface area contributed by atoms with Crippen LogP contribution in [0.5, 0.6) is 0 Å². The Kier molecular flexibility index (Phi) is 4.43. The number of hydrogen-bond donors (Lipinski definition) is 0. The van der Waals surface area contributed by atoms with Crippen LogP contribution in [0.15, 0.2) is 48.5 Å². The Morgan fingerprint density at radius 2 is 1.00 bits per heavy atom. The molecule has 0 aliphatic heterocycles. The van der Waals surface area contributed by atoms with Crippen molar-refractivity contribution in [1.82, 2.24) is 0 Å². The molecule has 2 rings (SSSR count). The van der Waals surface area contributed by atoms with Gasteiger partial charge in [-0.3, -0.25) is 0 Å². The van der Waals surface area contributed by atoms with Gasteiger partial charge in [-0.05, 0) is 0 Å². The molecule has 84 valence electrons. The molecule has 0 fully saturated rings. The van der Waals surface area contributed by atoms with E-state index < -0.39 is 0 Å². The number of aryl methyl sites for hydroxylation is 2. The fraction of sp³-hybridized carbons (Fsp3) is 0.250. The van der Waals surface area contributed by atoms with Crippen molar-refractivity contribution in [2.24, 2.45) is 0 Å². The van der Waals surface area contributed by atoms with Crippen LogP contribution in [-0.2, 0) is 10.6 Å². The Balaban J connectivity index is 1.83. The van der Waals surface area contributed by atoms with Crippen molar-refractivity contribution in [2.75, 3.05) is 0 Å². The van der Waals surface area contributed by atoms with Crippen LogP contribution >= 0.6 is 0 Å². The van der Waals surface area contributed by atoms with Gasteiger partial charge in [0.25, 0.3) is 0 Å². The fourth-order valence-corrected chi connectivity index (χ4v) is 3.21. The zero-order valence-corrected chi connectivity index (χ0v) is 11.8. The third kappa shape index (κ3) is 4.04. The summed E-state index contributed by atoms with van der Waals surface area (Å²) in [5.74, 6) is 0. The van der Waals surface area contributed by atoms with Crippen molar-refractivity contribution < 1.29 is 0 Å². The van der Waals surface area contributed by atoms with Crippen LogP contribution in [0.3, 0.4) is 0 Å². The van der Waals surface area contributed by atoms with Crippen molar-refractivity contribution in [3.63, 3.8) is 0 Å². The van der Waals surface area contributed by atoms with Gasteiger partial charge in [0.1, 0.15) is 0 Å². The molecule has 1 heteroatoms. The molecular weight excluding hydrogens is 219 g/mol. The monoisotopic (exact) mass is 237 g/mol. The van der Waals surface area contributed by atoms with Crippen LogP contribution in [0.4, 0.5) is 0 Å². The van der Waals surface area contributed by atoms with Crippen LogP contribution in [0.1, 0.15) is 22.3 Å². The van der Waals surface area contributed by atoms with Gasteiger partial charge in [-0.1, -0.05) is 0 Å². The van der Waals surface area contributed by atoms with Crippen LogP contribution in [-0.4, -0.2) is 15.2 Å². The van der Waals surface area contributed by atoms with Gasteiger partial charge in [0.2, 0.25) is 0 Å². The van der Waals surface area contributed by atoms with Crippen molar-refractivity contribution in [3.05, 3.63) is 70.8 Å². The predicted octanol–water partition coefficient (Wildman–Crippen LogP) is 3.71. The van der Waals surface area contributed by atoms with Crippen LogP contribution < -0.4 is 0 Å². The van der Waals surface area contributed by atoms with Gasteiger partial charge < -0.3 is 0 Å². The van der Waals surface area contributed by atoms with Crippen LogP contribution in [0.2, 0.25) is 0 Å². The van der Waals surface area contributed by atoms with E-state index in [-0.39, 0.29) is 0 Å². The number of benzene rings is 2. The van der Waals surface area contributed by atoms with Gasteiger partial charge >= 0.3 is 110 Å². The van der Waals surface area contributed by atoms with E-state index in [1.54, 1.807) is 0 Å². The van der Waals surface area contributed by atoms with E-state index in [0.717, 1.165) is 0 Å². The van der Waals surface area contributed by atoms with E-state index in [1.807, 2.05) is 0 Å². The van der Waals surface area contributed by atoms with E-state index in [1.165, 1.54) is 32.8 Å². The first-order valence-electron chi connectivity index (χ1n) is 6.17. The summed E-state index contributed by atoms with van der Waals surface area (Å²) in [4.78, 5) is 0. The van der Waals surface area contributed by atoms with Gasteiger partial charge in [0, 0.05) is 0 Å². The van der Waals surface area contributed by atoms with Gasteiger partial charge in [-0.2, -0.15) is 0 Å². The van der Waals surface area contributed by atoms with Crippen LogP contribution in [0.25, 0.3) is 0 Å². The van der Waals surface area contributed by atoms with Crippen molar-refractivity contribution in [2.45, 2.75) is 24.4 Å². The summed E-state index contributed by atoms with van der Waals surface area (Å²) in [5, 5.41) is 2.52. The average Bonchev–Trinajstić information content (AvgIpc) is 2.34. The Morgan fingerprint density at radius 3 is 1.35 bits per heavy atom. The minimum absolute atomic E-state index is 0.485. The molecule has 0 amide bonds. The van der Waals surface area contributed by atoms with E-state index in [2.05, 4.69) is 62.4 Å². The molecule has 0 radical (unpaired) electrons. The Bertz CT molecular complexity index is 408. The second-order valence-corrected chi connectivity index (χ2v) is 6.06. The Hall–Kier alpha value is -1.03. The maximum atomic E-state index is 2.26. The topological polar surface area (TPSA) is 0 Å². The third-order valence-corrected chi connectivity index (χ3v) is 4.52. The standard InChI is InChI=1S/2C8H9.Al/c2*1-7-3-5-8(2)6-4-7;/h2*3-6H,1H2,2H3;/q;;+1. The molecule has 0 saturated carbocycles. The zero-order valence-electron chi connectivity index (χ0n) is 10.6. The summed E-state index contributed by atoms with van der Waals surface area (Å²) in [5.41, 5.74) is 5.67. The molecule has 0 spiro atoms. The molecule has 2 aromatic carbocycles. The molecule has 2 aromatic rings. The van der Waals surface area contributed by atoms with E-state index in [4.69, 9.17) is 0 Å². The second-order valence-electron chi connectivity index (χ2n) is 4.67. The predicted molar refractivity (Wildman–Crippen MR) is 75.5 cm³/mol. The number of rotatable bonds is 4. The first kappa shape index (κ1) is 12.4. The fourth-order valence-electron chi connectivity index (χ4n) is 1.85. The molecule has 0 aliphatic rings. The average molecular weight is 237 g/mol. The quantitative estimate of drug-likeness (QED) is 0.711. The molecule has 0 heterocycles. The maximum absolute atomic E-state index is 2.26. The first-order chi connectivity index (χ1) is 8.24. The summed E-state index contributed by atoms with van der Waals surface area (Å²) >= 11 is 0.485. The Morgan fingerprint density at radius 1 is 0.647 bits per heavy atom. The molecule has 0 unspecified atom stereocenters. The summed E-state index contributed by atoms with van der Waals surface area (Å²) in [6.07, 6.45) is 0. The van der Waals surface area contributed by atoms with Gasteiger partial charge in [0.15, 0.2) is 0 Å². The molecule has 0 nitrogen and oxygen atoms in total. The molecule has 0 atom stereocenters. The molecule has 17 heavy (non-hydrogen) atoms. The molecule has 0 bridgehead atoms. The molecular formula is C16H18Al+. The van der Waals surface area contributed by atoms with Gasteiger partial charge in [0.05, 0.1) is 0 Å². The zero-order chi connectivity index (χ0) is 12.1. The SMILES string of the molecule is Cc1ccc([CH2][Al+][CH2]c2ccc(C)cc2)cc1. The Labute approximate surface area is 110 Å². The van der Waals surface area contributed by atoms with Crippen molar-refractivity contribution in [3.8, 4) is 0 Å². The number of hydrogen-bond acceptors (Lipinski definition) is 0. The summed E-state index contributed by atoms with van der Waals surface area (Å²) in [7, 11) is 0. The van der Waals surface area contributed by atoms with E-state index >= 15 is 0 Å². The summed E-state index contributed by atoms with van der Waals surface area (Å²) in [6.45, 7) is 4.28. The van der Waals surface area contributed by atoms with Crippen molar-refractivity contribution in [1.29, 1.82) is 0 Å². The second kappa shape index (κ2) is 6.05. The third-order valence-electron chi connectivity index (χ3n) is 3.00. The summed E-state index contributed by atoms with van der Waals surface area (Å²) in [6, 6.07) is 17.9. The minimum atomic E-state index is 0.485. The first-order valence-corrected chi connectivity index (χ1v) is 7.80. The van der Waals surface area contributed by atoms with E-state index in [0.29, 0.717) is 15.2 Å². The van der Waals surface area contributed by atoms with Gasteiger partial charge in [-0.25, -0.2) is 0 Å². The van der Waals surface area contributed by atoms with Crippen molar-refractivity contribution >= 4 is 15.2 Å². The molecule has 0 saturated heterocycles. The van der Waals surface area contributed by atoms with Gasteiger partial charge in [-0.15, -0.1) is 0 Å². The molecule has 0 aromatic heterocycles. The molecule has 0 aliphatic carbocycles. The normalized spacial score (nSPS) is 10.0. The summed E-state index contributed by atoms with van der Waals surface area (Å²) < 4.78 is 0.